The molecule has 0 aliphatic heterocycles. The lowest BCUT2D eigenvalue weighted by atomic mass is 10.1. The third-order valence-electron chi connectivity index (χ3n) is 5.06. The number of hydrogen-bond donors (Lipinski definition) is 1. The molecule has 0 fully saturated rings. The quantitative estimate of drug-likeness (QED) is 0.527. The SMILES string of the molecule is COc1ccc(-c2ccc(-c3ccc4nc(N(C)C(C)C)[nH]c4c3)nc2)cc1. The van der Waals surface area contributed by atoms with Crippen LogP contribution < -0.4 is 9.64 Å². The zero-order valence-corrected chi connectivity index (χ0v) is 16.6. The summed E-state index contributed by atoms with van der Waals surface area (Å²) in [4.78, 5) is 14.9. The first kappa shape index (κ1) is 18.0. The smallest absolute Gasteiger partial charge is 0.203 e. The molecule has 2 heterocycles. The van der Waals surface area contributed by atoms with Gasteiger partial charge in [0.1, 0.15) is 5.75 Å². The third kappa shape index (κ3) is 3.43. The number of imidazole rings is 1. The molecule has 4 aromatic rings. The molecule has 0 aliphatic rings. The van der Waals surface area contributed by atoms with E-state index in [4.69, 9.17) is 4.74 Å². The normalized spacial score (nSPS) is 11.2. The number of nitrogens with zero attached hydrogens (tertiary/aromatic N) is 3. The van der Waals surface area contributed by atoms with Gasteiger partial charge in [-0.1, -0.05) is 24.3 Å². The summed E-state index contributed by atoms with van der Waals surface area (Å²) in [7, 11) is 3.72. The first-order valence-corrected chi connectivity index (χ1v) is 9.38. The Kier molecular flexibility index (Phi) is 4.74. The van der Waals surface area contributed by atoms with Gasteiger partial charge in [-0.3, -0.25) is 4.98 Å². The summed E-state index contributed by atoms with van der Waals surface area (Å²) < 4.78 is 5.22. The number of pyridine rings is 1. The number of aromatic amines is 1. The summed E-state index contributed by atoms with van der Waals surface area (Å²) in [6, 6.07) is 18.7. The molecule has 0 saturated carbocycles. The fraction of sp³-hybridized carbons (Fsp3) is 0.217. The molecule has 2 aromatic carbocycles. The van der Waals surface area contributed by atoms with Crippen LogP contribution >= 0.6 is 0 Å². The molecule has 0 amide bonds. The van der Waals surface area contributed by atoms with Gasteiger partial charge in [-0.25, -0.2) is 4.98 Å². The van der Waals surface area contributed by atoms with Crippen molar-refractivity contribution in [3.63, 3.8) is 0 Å². The molecular formula is C23H24N4O. The molecule has 0 saturated heterocycles. The van der Waals surface area contributed by atoms with Crippen LogP contribution in [0.5, 0.6) is 5.75 Å². The van der Waals surface area contributed by atoms with Crippen molar-refractivity contribution in [2.75, 3.05) is 19.1 Å². The van der Waals surface area contributed by atoms with Crippen molar-refractivity contribution in [2.45, 2.75) is 19.9 Å². The Labute approximate surface area is 165 Å². The Bertz CT molecular complexity index is 1080. The summed E-state index contributed by atoms with van der Waals surface area (Å²) in [5.74, 6) is 1.73. The Balaban J connectivity index is 1.62. The first-order chi connectivity index (χ1) is 13.5. The van der Waals surface area contributed by atoms with Gasteiger partial charge in [0, 0.05) is 30.4 Å². The summed E-state index contributed by atoms with van der Waals surface area (Å²) in [6.45, 7) is 4.29. The summed E-state index contributed by atoms with van der Waals surface area (Å²) in [6.07, 6.45) is 1.91. The Morgan fingerprint density at radius 3 is 2.29 bits per heavy atom. The van der Waals surface area contributed by atoms with Crippen molar-refractivity contribution in [1.29, 1.82) is 0 Å². The lowest BCUT2D eigenvalue weighted by molar-refractivity contribution is 0.415. The van der Waals surface area contributed by atoms with Gasteiger partial charge < -0.3 is 14.6 Å². The number of H-pyrrole nitrogens is 1. The van der Waals surface area contributed by atoms with Gasteiger partial charge in [-0.05, 0) is 49.7 Å². The van der Waals surface area contributed by atoms with Gasteiger partial charge in [-0.15, -0.1) is 0 Å². The van der Waals surface area contributed by atoms with Crippen LogP contribution in [0.15, 0.2) is 60.8 Å². The van der Waals surface area contributed by atoms with Gasteiger partial charge in [0.25, 0.3) is 0 Å². The van der Waals surface area contributed by atoms with E-state index in [1.807, 2.05) is 43.6 Å². The molecule has 4 rings (SSSR count). The molecule has 2 aromatic heterocycles. The van der Waals surface area contributed by atoms with Crippen molar-refractivity contribution in [3.05, 3.63) is 60.8 Å². The summed E-state index contributed by atoms with van der Waals surface area (Å²) in [5.41, 5.74) is 6.17. The molecule has 1 N–H and O–H groups in total. The van der Waals surface area contributed by atoms with Crippen LogP contribution in [0, 0.1) is 0 Å². The second-order valence-electron chi connectivity index (χ2n) is 7.16. The number of rotatable bonds is 5. The van der Waals surface area contributed by atoms with Crippen LogP contribution in [-0.2, 0) is 0 Å². The van der Waals surface area contributed by atoms with Crippen LogP contribution in [0.25, 0.3) is 33.4 Å². The van der Waals surface area contributed by atoms with E-state index >= 15 is 0 Å². The van der Waals surface area contributed by atoms with E-state index in [0.717, 1.165) is 45.1 Å². The van der Waals surface area contributed by atoms with Crippen molar-refractivity contribution in [1.82, 2.24) is 15.0 Å². The predicted octanol–water partition coefficient (Wildman–Crippen LogP) is 5.15. The van der Waals surface area contributed by atoms with Crippen LogP contribution in [0.1, 0.15) is 13.8 Å². The minimum absolute atomic E-state index is 0.382. The van der Waals surface area contributed by atoms with E-state index in [1.165, 1.54) is 0 Å². The largest absolute Gasteiger partial charge is 0.497 e. The number of methoxy groups -OCH3 is 1. The summed E-state index contributed by atoms with van der Waals surface area (Å²) in [5, 5.41) is 0. The molecule has 5 heteroatoms. The number of nitrogens with one attached hydrogen (secondary N) is 1. The topological polar surface area (TPSA) is 54.0 Å². The second-order valence-corrected chi connectivity index (χ2v) is 7.16. The average Bonchev–Trinajstić information content (AvgIpc) is 3.16. The maximum atomic E-state index is 5.22. The Hall–Kier alpha value is -3.34. The highest BCUT2D eigenvalue weighted by Gasteiger charge is 2.11. The van der Waals surface area contributed by atoms with E-state index in [9.17, 15) is 0 Å². The van der Waals surface area contributed by atoms with Crippen LogP contribution in [0.2, 0.25) is 0 Å². The number of anilines is 1. The van der Waals surface area contributed by atoms with Crippen molar-refractivity contribution < 1.29 is 4.74 Å². The lowest BCUT2D eigenvalue weighted by Crippen LogP contribution is -2.26. The highest BCUT2D eigenvalue weighted by molar-refractivity contribution is 5.83. The van der Waals surface area contributed by atoms with E-state index < -0.39 is 0 Å². The highest BCUT2D eigenvalue weighted by Crippen LogP contribution is 2.27. The van der Waals surface area contributed by atoms with Crippen LogP contribution in [-0.4, -0.2) is 35.2 Å². The Morgan fingerprint density at radius 2 is 1.64 bits per heavy atom. The Morgan fingerprint density at radius 1 is 0.929 bits per heavy atom. The van der Waals surface area contributed by atoms with E-state index in [-0.39, 0.29) is 0 Å². The molecular weight excluding hydrogens is 348 g/mol. The number of ether oxygens (including phenoxy) is 1. The van der Waals surface area contributed by atoms with Crippen LogP contribution in [0.3, 0.4) is 0 Å². The molecule has 0 radical (unpaired) electrons. The maximum absolute atomic E-state index is 5.22. The standard InChI is InChI=1S/C23H24N4O/c1-15(2)27(3)23-25-21-12-7-17(13-22(21)26-23)20-11-8-18(14-24-20)16-5-9-19(28-4)10-6-16/h5-15H,1-4H3,(H,25,26). The van der Waals surface area contributed by atoms with Crippen molar-refractivity contribution in [3.8, 4) is 28.1 Å². The maximum Gasteiger partial charge on any atom is 0.203 e. The van der Waals surface area contributed by atoms with Crippen molar-refractivity contribution in [2.24, 2.45) is 0 Å². The zero-order chi connectivity index (χ0) is 19.7. The fourth-order valence-electron chi connectivity index (χ4n) is 3.09. The molecule has 28 heavy (non-hydrogen) atoms. The van der Waals surface area contributed by atoms with E-state index in [0.29, 0.717) is 6.04 Å². The number of aromatic nitrogens is 3. The first-order valence-electron chi connectivity index (χ1n) is 9.38. The molecule has 0 aliphatic carbocycles. The van der Waals surface area contributed by atoms with Gasteiger partial charge in [0.15, 0.2) is 0 Å². The molecule has 5 nitrogen and oxygen atoms in total. The fourth-order valence-corrected chi connectivity index (χ4v) is 3.09. The molecule has 0 bridgehead atoms. The van der Waals surface area contributed by atoms with Crippen LogP contribution in [0.4, 0.5) is 5.95 Å². The third-order valence-corrected chi connectivity index (χ3v) is 5.06. The van der Waals surface area contributed by atoms with Gasteiger partial charge in [-0.2, -0.15) is 0 Å². The minimum Gasteiger partial charge on any atom is -0.497 e. The lowest BCUT2D eigenvalue weighted by Gasteiger charge is -2.19. The van der Waals surface area contributed by atoms with E-state index in [1.54, 1.807) is 7.11 Å². The molecule has 0 unspecified atom stereocenters. The number of benzene rings is 2. The molecule has 0 atom stereocenters. The predicted molar refractivity (Wildman–Crippen MR) is 115 cm³/mol. The molecule has 142 valence electrons. The minimum atomic E-state index is 0.382. The highest BCUT2D eigenvalue weighted by atomic mass is 16.5. The monoisotopic (exact) mass is 372 g/mol. The van der Waals surface area contributed by atoms with Gasteiger partial charge >= 0.3 is 0 Å². The van der Waals surface area contributed by atoms with Crippen molar-refractivity contribution >= 4 is 17.0 Å². The summed E-state index contributed by atoms with van der Waals surface area (Å²) >= 11 is 0. The average molecular weight is 372 g/mol. The number of hydrogen-bond acceptors (Lipinski definition) is 4. The zero-order valence-electron chi connectivity index (χ0n) is 16.6. The van der Waals surface area contributed by atoms with Gasteiger partial charge in [0.2, 0.25) is 5.95 Å². The van der Waals surface area contributed by atoms with Gasteiger partial charge in [0.05, 0.1) is 23.8 Å². The second kappa shape index (κ2) is 7.35. The van der Waals surface area contributed by atoms with E-state index in [2.05, 4.69) is 58.0 Å². The number of fused-ring (bicyclic) bond motifs is 1. The molecule has 0 spiro atoms.